The lowest BCUT2D eigenvalue weighted by Crippen LogP contribution is -2.39. The molecule has 0 unspecified atom stereocenters. The number of nitrogens with one attached hydrogen (secondary N) is 1. The molecule has 2 aromatic heterocycles. The first kappa shape index (κ1) is 17.5. The van der Waals surface area contributed by atoms with Gasteiger partial charge in [0.1, 0.15) is 0 Å². The summed E-state index contributed by atoms with van der Waals surface area (Å²) in [4.78, 5) is 29.6. The average molecular weight is 406 g/mol. The second-order valence-corrected chi connectivity index (χ2v) is 6.64. The fourth-order valence-electron chi connectivity index (χ4n) is 2.91. The van der Waals surface area contributed by atoms with Crippen LogP contribution >= 0.6 is 15.9 Å². The van der Waals surface area contributed by atoms with Gasteiger partial charge in [-0.3, -0.25) is 13.9 Å². The molecule has 0 saturated heterocycles. The first-order valence-electron chi connectivity index (χ1n) is 8.16. The molecular formula is C17H20BrN5O2. The number of rotatable bonds is 5. The number of benzene rings is 1. The van der Waals surface area contributed by atoms with Crippen molar-refractivity contribution in [2.45, 2.75) is 33.5 Å². The van der Waals surface area contributed by atoms with Gasteiger partial charge in [-0.15, -0.1) is 0 Å². The van der Waals surface area contributed by atoms with Crippen LogP contribution in [0.2, 0.25) is 0 Å². The van der Waals surface area contributed by atoms with Gasteiger partial charge in [0.25, 0.3) is 5.56 Å². The first-order chi connectivity index (χ1) is 12.0. The van der Waals surface area contributed by atoms with Gasteiger partial charge >= 0.3 is 5.69 Å². The minimum Gasteiger partial charge on any atom is -0.352 e. The summed E-state index contributed by atoms with van der Waals surface area (Å²) in [6.45, 7) is 5.01. The molecule has 3 rings (SSSR count). The predicted molar refractivity (Wildman–Crippen MR) is 102 cm³/mol. The van der Waals surface area contributed by atoms with Crippen LogP contribution in [0, 0.1) is 0 Å². The molecular weight excluding hydrogens is 386 g/mol. The Morgan fingerprint density at radius 3 is 2.52 bits per heavy atom. The molecule has 132 valence electrons. The van der Waals surface area contributed by atoms with Gasteiger partial charge in [-0.2, -0.15) is 4.98 Å². The van der Waals surface area contributed by atoms with E-state index in [0.717, 1.165) is 10.0 Å². The van der Waals surface area contributed by atoms with Gasteiger partial charge in [-0.25, -0.2) is 4.79 Å². The average Bonchev–Trinajstić information content (AvgIpc) is 2.91. The van der Waals surface area contributed by atoms with Crippen LogP contribution in [-0.4, -0.2) is 18.7 Å². The number of fused-ring (bicyclic) bond motifs is 1. The van der Waals surface area contributed by atoms with Crippen LogP contribution in [0.1, 0.15) is 19.4 Å². The van der Waals surface area contributed by atoms with Crippen LogP contribution in [0.5, 0.6) is 0 Å². The highest BCUT2D eigenvalue weighted by atomic mass is 79.9. The SMILES string of the molecule is CCn1c(=O)c2c(nc(NCc3cccc(Br)c3)n2C)n(CC)c1=O. The Balaban J connectivity index is 2.09. The summed E-state index contributed by atoms with van der Waals surface area (Å²) >= 11 is 3.45. The molecule has 0 saturated carbocycles. The van der Waals surface area contributed by atoms with Crippen LogP contribution < -0.4 is 16.6 Å². The number of hydrogen-bond donors (Lipinski definition) is 1. The van der Waals surface area contributed by atoms with E-state index in [2.05, 4.69) is 26.2 Å². The molecule has 7 nitrogen and oxygen atoms in total. The third-order valence-electron chi connectivity index (χ3n) is 4.21. The quantitative estimate of drug-likeness (QED) is 0.706. The summed E-state index contributed by atoms with van der Waals surface area (Å²) in [7, 11) is 1.78. The molecule has 0 atom stereocenters. The molecule has 8 heteroatoms. The lowest BCUT2D eigenvalue weighted by atomic mass is 10.2. The Bertz CT molecular complexity index is 1050. The van der Waals surface area contributed by atoms with Gasteiger partial charge in [0.2, 0.25) is 5.95 Å². The highest BCUT2D eigenvalue weighted by Gasteiger charge is 2.18. The van der Waals surface area contributed by atoms with Crippen molar-refractivity contribution in [1.29, 1.82) is 0 Å². The van der Waals surface area contributed by atoms with Crippen molar-refractivity contribution in [1.82, 2.24) is 18.7 Å². The molecule has 0 amide bonds. The summed E-state index contributed by atoms with van der Waals surface area (Å²) in [5, 5.41) is 3.25. The minimum atomic E-state index is -0.320. The lowest BCUT2D eigenvalue weighted by molar-refractivity contribution is 0.604. The van der Waals surface area contributed by atoms with Gasteiger partial charge in [0.15, 0.2) is 11.2 Å². The molecule has 0 radical (unpaired) electrons. The lowest BCUT2D eigenvalue weighted by Gasteiger charge is -2.08. The summed E-state index contributed by atoms with van der Waals surface area (Å²) in [5.41, 5.74) is 1.30. The van der Waals surface area contributed by atoms with Gasteiger partial charge in [0, 0.05) is 31.2 Å². The largest absolute Gasteiger partial charge is 0.352 e. The van der Waals surface area contributed by atoms with Crippen molar-refractivity contribution >= 4 is 33.0 Å². The standard InChI is InChI=1S/C17H20BrN5O2/c1-4-22-14-13(15(24)23(5-2)17(22)25)21(3)16(20-14)19-10-11-7-6-8-12(18)9-11/h6-9H,4-5,10H2,1-3H3,(H,19,20). The zero-order valence-electron chi connectivity index (χ0n) is 14.4. The molecule has 0 bridgehead atoms. The summed E-state index contributed by atoms with van der Waals surface area (Å²) in [6.07, 6.45) is 0. The van der Waals surface area contributed by atoms with Crippen LogP contribution in [0.4, 0.5) is 5.95 Å². The Labute approximate surface area is 153 Å². The molecule has 2 heterocycles. The molecule has 25 heavy (non-hydrogen) atoms. The van der Waals surface area contributed by atoms with Crippen molar-refractivity contribution in [2.24, 2.45) is 7.05 Å². The van der Waals surface area contributed by atoms with Crippen molar-refractivity contribution < 1.29 is 0 Å². The number of hydrogen-bond acceptors (Lipinski definition) is 4. The Morgan fingerprint density at radius 2 is 1.88 bits per heavy atom. The van der Waals surface area contributed by atoms with Crippen LogP contribution in [0.3, 0.4) is 0 Å². The Hall–Kier alpha value is -2.35. The fraction of sp³-hybridized carbons (Fsp3) is 0.353. The second-order valence-electron chi connectivity index (χ2n) is 5.73. The molecule has 0 aliphatic rings. The van der Waals surface area contributed by atoms with Crippen molar-refractivity contribution in [3.8, 4) is 0 Å². The maximum absolute atomic E-state index is 12.7. The fourth-order valence-corrected chi connectivity index (χ4v) is 3.36. The first-order valence-corrected chi connectivity index (χ1v) is 8.95. The van der Waals surface area contributed by atoms with E-state index in [-0.39, 0.29) is 11.2 Å². The number of aromatic nitrogens is 4. The minimum absolute atomic E-state index is 0.308. The zero-order chi connectivity index (χ0) is 18.1. The molecule has 0 fully saturated rings. The predicted octanol–water partition coefficient (Wildman–Crippen LogP) is 2.31. The highest BCUT2D eigenvalue weighted by Crippen LogP contribution is 2.16. The molecule has 1 N–H and O–H groups in total. The molecule has 1 aromatic carbocycles. The summed E-state index contributed by atoms with van der Waals surface area (Å²) in [6, 6.07) is 7.95. The number of halogens is 1. The smallest absolute Gasteiger partial charge is 0.332 e. The second kappa shape index (κ2) is 6.87. The van der Waals surface area contributed by atoms with E-state index in [0.29, 0.717) is 36.7 Å². The van der Waals surface area contributed by atoms with Crippen LogP contribution in [0.25, 0.3) is 11.2 Å². The van der Waals surface area contributed by atoms with Crippen molar-refractivity contribution in [3.63, 3.8) is 0 Å². The molecule has 3 aromatic rings. The number of imidazole rings is 1. The van der Waals surface area contributed by atoms with E-state index < -0.39 is 0 Å². The van der Waals surface area contributed by atoms with Crippen LogP contribution in [-0.2, 0) is 26.7 Å². The summed E-state index contributed by atoms with van der Waals surface area (Å²) < 4.78 is 5.49. The monoisotopic (exact) mass is 405 g/mol. The molecule has 0 spiro atoms. The third-order valence-corrected chi connectivity index (χ3v) is 4.71. The van der Waals surface area contributed by atoms with Gasteiger partial charge in [-0.05, 0) is 31.5 Å². The van der Waals surface area contributed by atoms with Gasteiger partial charge in [-0.1, -0.05) is 28.1 Å². The van der Waals surface area contributed by atoms with E-state index in [9.17, 15) is 9.59 Å². The maximum Gasteiger partial charge on any atom is 0.332 e. The highest BCUT2D eigenvalue weighted by molar-refractivity contribution is 9.10. The Kier molecular flexibility index (Phi) is 4.80. The molecule has 0 aliphatic heterocycles. The number of aryl methyl sites for hydroxylation is 2. The topological polar surface area (TPSA) is 73.8 Å². The van der Waals surface area contributed by atoms with E-state index in [4.69, 9.17) is 0 Å². The van der Waals surface area contributed by atoms with Crippen molar-refractivity contribution in [2.75, 3.05) is 5.32 Å². The van der Waals surface area contributed by atoms with Gasteiger partial charge < -0.3 is 9.88 Å². The maximum atomic E-state index is 12.7. The number of nitrogens with zero attached hydrogens (tertiary/aromatic N) is 4. The van der Waals surface area contributed by atoms with E-state index in [1.807, 2.05) is 31.2 Å². The normalized spacial score (nSPS) is 11.2. The number of anilines is 1. The van der Waals surface area contributed by atoms with E-state index in [1.54, 1.807) is 18.5 Å². The third kappa shape index (κ3) is 3.02. The van der Waals surface area contributed by atoms with Crippen molar-refractivity contribution in [3.05, 3.63) is 55.1 Å². The Morgan fingerprint density at radius 1 is 1.16 bits per heavy atom. The van der Waals surface area contributed by atoms with E-state index in [1.165, 1.54) is 9.13 Å². The van der Waals surface area contributed by atoms with E-state index >= 15 is 0 Å². The zero-order valence-corrected chi connectivity index (χ0v) is 16.0. The van der Waals surface area contributed by atoms with Crippen LogP contribution in [0.15, 0.2) is 38.3 Å². The van der Waals surface area contributed by atoms with Gasteiger partial charge in [0.05, 0.1) is 0 Å². The molecule has 0 aliphatic carbocycles. The summed E-state index contributed by atoms with van der Waals surface area (Å²) in [5.74, 6) is 0.558.